The van der Waals surface area contributed by atoms with E-state index in [0.717, 1.165) is 42.5 Å². The van der Waals surface area contributed by atoms with Gasteiger partial charge in [-0.3, -0.25) is 9.69 Å². The van der Waals surface area contributed by atoms with Crippen molar-refractivity contribution in [3.63, 3.8) is 0 Å². The highest BCUT2D eigenvalue weighted by molar-refractivity contribution is 7.99. The molecule has 1 aliphatic heterocycles. The molecule has 0 aliphatic carbocycles. The summed E-state index contributed by atoms with van der Waals surface area (Å²) in [6, 6.07) is 19.8. The number of aromatic nitrogens is 1. The molecule has 0 radical (unpaired) electrons. The molecule has 37 heavy (non-hydrogen) atoms. The van der Waals surface area contributed by atoms with Crippen molar-refractivity contribution in [1.29, 1.82) is 0 Å². The highest BCUT2D eigenvalue weighted by Crippen LogP contribution is 2.30. The van der Waals surface area contributed by atoms with Crippen molar-refractivity contribution in [2.45, 2.75) is 42.9 Å². The SMILES string of the molecule is Cc1ccc(Sc2ncccc2C(=O)NCC(O)CN2CCN(c3ccccc3OC(C)C)CC2)cc1. The van der Waals surface area contributed by atoms with Crippen LogP contribution < -0.4 is 15.0 Å². The zero-order chi connectivity index (χ0) is 26.2. The number of aryl methyl sites for hydroxylation is 1. The number of rotatable bonds is 10. The van der Waals surface area contributed by atoms with E-state index in [1.165, 1.54) is 17.3 Å². The molecule has 1 aliphatic rings. The van der Waals surface area contributed by atoms with Crippen molar-refractivity contribution in [1.82, 2.24) is 15.2 Å². The van der Waals surface area contributed by atoms with Crippen LogP contribution in [0.4, 0.5) is 5.69 Å². The van der Waals surface area contributed by atoms with Crippen molar-refractivity contribution in [3.05, 3.63) is 78.0 Å². The average molecular weight is 521 g/mol. The molecule has 2 heterocycles. The third kappa shape index (κ3) is 7.71. The number of carbonyl (C=O) groups excluding carboxylic acids is 1. The normalized spacial score (nSPS) is 15.0. The molecule has 0 saturated carbocycles. The number of carbonyl (C=O) groups is 1. The number of ether oxygens (including phenoxy) is 1. The first-order chi connectivity index (χ1) is 17.9. The highest BCUT2D eigenvalue weighted by atomic mass is 32.2. The zero-order valence-electron chi connectivity index (χ0n) is 21.8. The number of benzene rings is 2. The predicted molar refractivity (Wildman–Crippen MR) is 149 cm³/mol. The number of aliphatic hydroxyl groups is 1. The van der Waals surface area contributed by atoms with Crippen molar-refractivity contribution >= 4 is 23.4 Å². The predicted octanol–water partition coefficient (Wildman–Crippen LogP) is 4.24. The van der Waals surface area contributed by atoms with E-state index in [2.05, 4.69) is 26.2 Å². The van der Waals surface area contributed by atoms with E-state index in [9.17, 15) is 9.90 Å². The Bertz CT molecular complexity index is 1160. The Morgan fingerprint density at radius 3 is 2.51 bits per heavy atom. The maximum atomic E-state index is 12.9. The molecule has 3 aromatic rings. The van der Waals surface area contributed by atoms with Crippen LogP contribution in [0, 0.1) is 6.92 Å². The van der Waals surface area contributed by atoms with Gasteiger partial charge in [0.2, 0.25) is 0 Å². The van der Waals surface area contributed by atoms with Crippen LogP contribution in [-0.4, -0.2) is 72.4 Å². The van der Waals surface area contributed by atoms with Gasteiger partial charge in [-0.2, -0.15) is 0 Å². The smallest absolute Gasteiger partial charge is 0.254 e. The molecule has 0 bridgehead atoms. The fourth-order valence-corrected chi connectivity index (χ4v) is 5.15. The number of nitrogens with one attached hydrogen (secondary N) is 1. The molecular formula is C29H36N4O3S. The molecule has 1 fully saturated rings. The zero-order valence-corrected chi connectivity index (χ0v) is 22.6. The summed E-state index contributed by atoms with van der Waals surface area (Å²) in [5.74, 6) is 0.678. The molecule has 1 atom stereocenters. The number of para-hydroxylation sites is 2. The number of piperazine rings is 1. The molecule has 1 saturated heterocycles. The van der Waals surface area contributed by atoms with Gasteiger partial charge in [0.25, 0.3) is 5.91 Å². The van der Waals surface area contributed by atoms with Gasteiger partial charge < -0.3 is 20.1 Å². The number of nitrogens with zero attached hydrogens (tertiary/aromatic N) is 3. The van der Waals surface area contributed by atoms with Crippen molar-refractivity contribution in [3.8, 4) is 5.75 Å². The standard InChI is InChI=1S/C29H36N4O3S/c1-21(2)36-27-9-5-4-8-26(27)33-17-15-32(16-18-33)20-23(34)19-31-28(35)25-7-6-14-30-29(25)37-24-12-10-22(3)11-13-24/h4-14,21,23,34H,15-20H2,1-3H3,(H,31,35). The van der Waals surface area contributed by atoms with E-state index < -0.39 is 6.10 Å². The number of hydrogen-bond acceptors (Lipinski definition) is 7. The lowest BCUT2D eigenvalue weighted by Crippen LogP contribution is -2.50. The molecule has 8 heteroatoms. The first-order valence-corrected chi connectivity index (χ1v) is 13.6. The Hall–Kier alpha value is -3.07. The number of β-amino-alcohol motifs (C(OH)–C–C–N with tert-alkyl or cyclic N) is 1. The summed E-state index contributed by atoms with van der Waals surface area (Å²) in [5.41, 5.74) is 2.80. The van der Waals surface area contributed by atoms with Crippen LogP contribution in [0.15, 0.2) is 76.8 Å². The summed E-state index contributed by atoms with van der Waals surface area (Å²) < 4.78 is 5.99. The van der Waals surface area contributed by atoms with E-state index >= 15 is 0 Å². The van der Waals surface area contributed by atoms with E-state index in [1.54, 1.807) is 18.3 Å². The molecule has 1 unspecified atom stereocenters. The maximum absolute atomic E-state index is 12.9. The number of amides is 1. The minimum atomic E-state index is -0.656. The first-order valence-electron chi connectivity index (χ1n) is 12.8. The van der Waals surface area contributed by atoms with E-state index in [1.807, 2.05) is 63.2 Å². The molecule has 2 aromatic carbocycles. The van der Waals surface area contributed by atoms with Crippen LogP contribution in [0.2, 0.25) is 0 Å². The average Bonchev–Trinajstić information content (AvgIpc) is 2.89. The van der Waals surface area contributed by atoms with Crippen LogP contribution in [0.3, 0.4) is 0 Å². The summed E-state index contributed by atoms with van der Waals surface area (Å²) in [6.07, 6.45) is 1.16. The summed E-state index contributed by atoms with van der Waals surface area (Å²) in [6.45, 7) is 10.2. The molecule has 1 amide bonds. The van der Waals surface area contributed by atoms with Gasteiger partial charge in [-0.1, -0.05) is 41.6 Å². The fraction of sp³-hybridized carbons (Fsp3) is 0.379. The van der Waals surface area contributed by atoms with Crippen LogP contribution in [0.1, 0.15) is 29.8 Å². The van der Waals surface area contributed by atoms with Crippen LogP contribution in [0.25, 0.3) is 0 Å². The van der Waals surface area contributed by atoms with Gasteiger partial charge in [-0.05, 0) is 57.2 Å². The molecule has 196 valence electrons. The number of aliphatic hydroxyl groups excluding tert-OH is 1. The van der Waals surface area contributed by atoms with Crippen molar-refractivity contribution in [2.24, 2.45) is 0 Å². The largest absolute Gasteiger partial charge is 0.489 e. The second-order valence-electron chi connectivity index (χ2n) is 9.56. The van der Waals surface area contributed by atoms with Gasteiger partial charge in [0, 0.05) is 50.4 Å². The van der Waals surface area contributed by atoms with E-state index in [4.69, 9.17) is 4.74 Å². The summed E-state index contributed by atoms with van der Waals surface area (Å²) in [7, 11) is 0. The maximum Gasteiger partial charge on any atom is 0.254 e. The highest BCUT2D eigenvalue weighted by Gasteiger charge is 2.22. The molecule has 7 nitrogen and oxygen atoms in total. The lowest BCUT2D eigenvalue weighted by molar-refractivity contribution is 0.0848. The lowest BCUT2D eigenvalue weighted by Gasteiger charge is -2.37. The third-order valence-corrected chi connectivity index (χ3v) is 7.19. The molecule has 4 rings (SSSR count). The Balaban J connectivity index is 1.26. The van der Waals surface area contributed by atoms with E-state index in [0.29, 0.717) is 17.1 Å². The second kappa shape index (κ2) is 12.9. The minimum Gasteiger partial charge on any atom is -0.489 e. The quantitative estimate of drug-likeness (QED) is 0.414. The van der Waals surface area contributed by atoms with Crippen molar-refractivity contribution < 1.29 is 14.6 Å². The summed E-state index contributed by atoms with van der Waals surface area (Å²) >= 11 is 1.46. The first kappa shape index (κ1) is 27.0. The summed E-state index contributed by atoms with van der Waals surface area (Å²) in [5, 5.41) is 14.2. The Morgan fingerprint density at radius 2 is 1.78 bits per heavy atom. The van der Waals surface area contributed by atoms with Gasteiger partial charge >= 0.3 is 0 Å². The van der Waals surface area contributed by atoms with Crippen LogP contribution in [-0.2, 0) is 0 Å². The molecule has 0 spiro atoms. The second-order valence-corrected chi connectivity index (χ2v) is 10.6. The Labute approximate surface area is 223 Å². The topological polar surface area (TPSA) is 77.9 Å². The molecule has 1 aromatic heterocycles. The van der Waals surface area contributed by atoms with E-state index in [-0.39, 0.29) is 18.6 Å². The van der Waals surface area contributed by atoms with Crippen LogP contribution in [0.5, 0.6) is 5.75 Å². The van der Waals surface area contributed by atoms with Gasteiger partial charge in [0.15, 0.2) is 0 Å². The van der Waals surface area contributed by atoms with Crippen molar-refractivity contribution in [2.75, 3.05) is 44.2 Å². The Morgan fingerprint density at radius 1 is 1.05 bits per heavy atom. The third-order valence-electron chi connectivity index (χ3n) is 6.16. The van der Waals surface area contributed by atoms with Crippen LogP contribution >= 0.6 is 11.8 Å². The lowest BCUT2D eigenvalue weighted by atomic mass is 10.2. The summed E-state index contributed by atoms with van der Waals surface area (Å²) in [4.78, 5) is 22.9. The van der Waals surface area contributed by atoms with Gasteiger partial charge in [0.1, 0.15) is 10.8 Å². The number of pyridine rings is 1. The van der Waals surface area contributed by atoms with Gasteiger partial charge in [-0.15, -0.1) is 0 Å². The van der Waals surface area contributed by atoms with Gasteiger partial charge in [-0.25, -0.2) is 4.98 Å². The number of hydrogen-bond donors (Lipinski definition) is 2. The minimum absolute atomic E-state index is 0.122. The molecular weight excluding hydrogens is 484 g/mol. The monoisotopic (exact) mass is 520 g/mol. The number of anilines is 1. The van der Waals surface area contributed by atoms with Gasteiger partial charge in [0.05, 0.1) is 23.5 Å². The fourth-order valence-electron chi connectivity index (χ4n) is 4.27. The Kier molecular flexibility index (Phi) is 9.44. The molecule has 2 N–H and O–H groups in total.